The minimum atomic E-state index is -3.04. The van der Waals surface area contributed by atoms with E-state index in [0.717, 1.165) is 25.9 Å². The molecule has 1 N–H and O–H groups in total. The van der Waals surface area contributed by atoms with Crippen molar-refractivity contribution in [2.45, 2.75) is 46.1 Å². The van der Waals surface area contributed by atoms with Crippen LogP contribution in [0.1, 0.15) is 40.0 Å². The van der Waals surface area contributed by atoms with Crippen molar-refractivity contribution in [1.82, 2.24) is 9.62 Å². The molecule has 1 heterocycles. The van der Waals surface area contributed by atoms with E-state index in [9.17, 15) is 8.42 Å². The minimum Gasteiger partial charge on any atom is -0.317 e. The van der Waals surface area contributed by atoms with Crippen LogP contribution in [-0.4, -0.2) is 44.2 Å². The van der Waals surface area contributed by atoms with Gasteiger partial charge < -0.3 is 5.32 Å². The number of hydrogen-bond donors (Lipinski definition) is 1. The van der Waals surface area contributed by atoms with Crippen LogP contribution in [-0.2, 0) is 10.0 Å². The van der Waals surface area contributed by atoms with Crippen LogP contribution >= 0.6 is 0 Å². The van der Waals surface area contributed by atoms with Gasteiger partial charge in [-0.2, -0.15) is 4.31 Å². The Labute approximate surface area is 106 Å². The molecule has 0 bridgehead atoms. The van der Waals surface area contributed by atoms with E-state index in [-0.39, 0.29) is 11.8 Å². The van der Waals surface area contributed by atoms with Gasteiger partial charge in [0.1, 0.15) is 0 Å². The molecule has 2 unspecified atom stereocenters. The third-order valence-electron chi connectivity index (χ3n) is 3.44. The zero-order valence-corrected chi connectivity index (χ0v) is 12.1. The van der Waals surface area contributed by atoms with Crippen LogP contribution in [0, 0.1) is 5.92 Å². The monoisotopic (exact) mass is 262 g/mol. The van der Waals surface area contributed by atoms with Gasteiger partial charge in [-0.25, -0.2) is 8.42 Å². The van der Waals surface area contributed by atoms with Crippen molar-refractivity contribution in [2.75, 3.05) is 25.4 Å². The van der Waals surface area contributed by atoms with Gasteiger partial charge in [0, 0.05) is 12.6 Å². The average Bonchev–Trinajstić information content (AvgIpc) is 2.24. The molecular weight excluding hydrogens is 236 g/mol. The van der Waals surface area contributed by atoms with Crippen LogP contribution in [0.15, 0.2) is 0 Å². The standard InChI is InChI=1S/C12H26N2O2S/c1-4-13-7-5-9-17(15,16)14-8-6-11(2)10-12(14)3/h11-13H,4-10H2,1-3H3. The summed E-state index contributed by atoms with van der Waals surface area (Å²) in [5.74, 6) is 0.928. The van der Waals surface area contributed by atoms with Crippen LogP contribution in [0.25, 0.3) is 0 Å². The molecule has 4 nitrogen and oxygen atoms in total. The van der Waals surface area contributed by atoms with E-state index in [1.807, 2.05) is 13.8 Å². The van der Waals surface area contributed by atoms with Gasteiger partial charge in [-0.05, 0) is 45.2 Å². The van der Waals surface area contributed by atoms with Crippen molar-refractivity contribution in [3.8, 4) is 0 Å². The Morgan fingerprint density at radius 3 is 2.65 bits per heavy atom. The summed E-state index contributed by atoms with van der Waals surface area (Å²) in [6.07, 6.45) is 2.69. The molecule has 0 amide bonds. The first-order valence-electron chi connectivity index (χ1n) is 6.67. The zero-order chi connectivity index (χ0) is 12.9. The molecule has 0 aromatic heterocycles. The fourth-order valence-corrected chi connectivity index (χ4v) is 4.23. The number of hydrogen-bond acceptors (Lipinski definition) is 3. The molecule has 102 valence electrons. The molecular formula is C12H26N2O2S. The van der Waals surface area contributed by atoms with Gasteiger partial charge in [0.15, 0.2) is 0 Å². The van der Waals surface area contributed by atoms with E-state index < -0.39 is 10.0 Å². The molecule has 0 spiro atoms. The highest BCUT2D eigenvalue weighted by Crippen LogP contribution is 2.24. The summed E-state index contributed by atoms with van der Waals surface area (Å²) in [6.45, 7) is 8.64. The quantitative estimate of drug-likeness (QED) is 0.737. The predicted octanol–water partition coefficient (Wildman–Crippen LogP) is 1.44. The maximum atomic E-state index is 12.2. The van der Waals surface area contributed by atoms with Crippen LogP contribution in [0.2, 0.25) is 0 Å². The second-order valence-corrected chi connectivity index (χ2v) is 7.15. The third-order valence-corrected chi connectivity index (χ3v) is 5.50. The smallest absolute Gasteiger partial charge is 0.214 e. The van der Waals surface area contributed by atoms with Crippen LogP contribution in [0.5, 0.6) is 0 Å². The maximum absolute atomic E-state index is 12.2. The fourth-order valence-electron chi connectivity index (χ4n) is 2.47. The largest absolute Gasteiger partial charge is 0.317 e. The summed E-state index contributed by atoms with van der Waals surface area (Å²) in [4.78, 5) is 0. The van der Waals surface area contributed by atoms with Gasteiger partial charge in [-0.1, -0.05) is 13.8 Å². The summed E-state index contributed by atoms with van der Waals surface area (Å²) in [5, 5.41) is 3.16. The van der Waals surface area contributed by atoms with Crippen LogP contribution in [0.3, 0.4) is 0 Å². The normalized spacial score (nSPS) is 27.2. The van der Waals surface area contributed by atoms with E-state index in [4.69, 9.17) is 0 Å². The molecule has 1 fully saturated rings. The Hall–Kier alpha value is -0.130. The van der Waals surface area contributed by atoms with Crippen LogP contribution in [0.4, 0.5) is 0 Å². The first-order chi connectivity index (χ1) is 7.97. The molecule has 0 aromatic rings. The molecule has 0 aromatic carbocycles. The van der Waals surface area contributed by atoms with Crippen molar-refractivity contribution in [3.63, 3.8) is 0 Å². The lowest BCUT2D eigenvalue weighted by molar-refractivity contribution is 0.220. The number of rotatable bonds is 6. The number of piperidine rings is 1. The molecule has 1 rings (SSSR count). The number of nitrogens with zero attached hydrogens (tertiary/aromatic N) is 1. The molecule has 5 heteroatoms. The number of nitrogens with one attached hydrogen (secondary N) is 1. The van der Waals surface area contributed by atoms with E-state index in [2.05, 4.69) is 12.2 Å². The second-order valence-electron chi connectivity index (χ2n) is 5.11. The molecule has 0 aliphatic carbocycles. The zero-order valence-electron chi connectivity index (χ0n) is 11.3. The van der Waals surface area contributed by atoms with Gasteiger partial charge >= 0.3 is 0 Å². The summed E-state index contributed by atoms with van der Waals surface area (Å²) in [6, 6.07) is 0.169. The Bertz CT molecular complexity index is 316. The van der Waals surface area contributed by atoms with E-state index >= 15 is 0 Å². The highest BCUT2D eigenvalue weighted by molar-refractivity contribution is 7.89. The van der Waals surface area contributed by atoms with Crippen molar-refractivity contribution < 1.29 is 8.42 Å². The Morgan fingerprint density at radius 1 is 1.35 bits per heavy atom. The maximum Gasteiger partial charge on any atom is 0.214 e. The van der Waals surface area contributed by atoms with Gasteiger partial charge in [0.25, 0.3) is 0 Å². The second kappa shape index (κ2) is 6.71. The van der Waals surface area contributed by atoms with Crippen molar-refractivity contribution in [2.24, 2.45) is 5.92 Å². The molecule has 0 radical (unpaired) electrons. The molecule has 1 saturated heterocycles. The van der Waals surface area contributed by atoms with Gasteiger partial charge in [-0.15, -0.1) is 0 Å². The summed E-state index contributed by atoms with van der Waals surface area (Å²) in [7, 11) is -3.04. The van der Waals surface area contributed by atoms with Crippen LogP contribution < -0.4 is 5.32 Å². The highest BCUT2D eigenvalue weighted by Gasteiger charge is 2.31. The van der Waals surface area contributed by atoms with Crippen molar-refractivity contribution >= 4 is 10.0 Å². The Balaban J connectivity index is 2.46. The summed E-state index contributed by atoms with van der Waals surface area (Å²) >= 11 is 0. The molecule has 1 aliphatic heterocycles. The van der Waals surface area contributed by atoms with Gasteiger partial charge in [-0.3, -0.25) is 0 Å². The molecule has 1 aliphatic rings. The fraction of sp³-hybridized carbons (Fsp3) is 1.00. The van der Waals surface area contributed by atoms with Crippen molar-refractivity contribution in [3.05, 3.63) is 0 Å². The lowest BCUT2D eigenvalue weighted by Crippen LogP contribution is -2.45. The SMILES string of the molecule is CCNCCCS(=O)(=O)N1CCC(C)CC1C. The summed E-state index contributed by atoms with van der Waals surface area (Å²) < 4.78 is 26.0. The van der Waals surface area contributed by atoms with E-state index in [1.54, 1.807) is 4.31 Å². The molecule has 0 saturated carbocycles. The summed E-state index contributed by atoms with van der Waals surface area (Å²) in [5.41, 5.74) is 0. The topological polar surface area (TPSA) is 49.4 Å². The predicted molar refractivity (Wildman–Crippen MR) is 71.5 cm³/mol. The lowest BCUT2D eigenvalue weighted by atomic mass is 9.95. The Morgan fingerprint density at radius 2 is 2.06 bits per heavy atom. The van der Waals surface area contributed by atoms with Gasteiger partial charge in [0.05, 0.1) is 5.75 Å². The average molecular weight is 262 g/mol. The van der Waals surface area contributed by atoms with E-state index in [1.165, 1.54) is 0 Å². The van der Waals surface area contributed by atoms with Gasteiger partial charge in [0.2, 0.25) is 10.0 Å². The minimum absolute atomic E-state index is 0.169. The molecule has 17 heavy (non-hydrogen) atoms. The third kappa shape index (κ3) is 4.56. The lowest BCUT2D eigenvalue weighted by Gasteiger charge is -2.35. The van der Waals surface area contributed by atoms with Crippen molar-refractivity contribution in [1.29, 1.82) is 0 Å². The van der Waals surface area contributed by atoms with E-state index in [0.29, 0.717) is 18.9 Å². The first kappa shape index (κ1) is 14.9. The highest BCUT2D eigenvalue weighted by atomic mass is 32.2. The Kier molecular flexibility index (Phi) is 5.89. The number of sulfonamides is 1. The first-order valence-corrected chi connectivity index (χ1v) is 8.28. The molecule has 2 atom stereocenters.